The summed E-state index contributed by atoms with van der Waals surface area (Å²) < 4.78 is 39.9. The lowest BCUT2D eigenvalue weighted by molar-refractivity contribution is 0.600. The Morgan fingerprint density at radius 3 is 2.25 bits per heavy atom. The number of anilines is 1. The lowest BCUT2D eigenvalue weighted by Gasteiger charge is -2.12. The molecular formula is C14H13ClFNO2S. The summed E-state index contributed by atoms with van der Waals surface area (Å²) in [4.78, 5) is 0.156. The van der Waals surface area contributed by atoms with Gasteiger partial charge in [-0.3, -0.25) is 4.72 Å². The molecule has 0 atom stereocenters. The van der Waals surface area contributed by atoms with E-state index in [9.17, 15) is 12.8 Å². The van der Waals surface area contributed by atoms with Gasteiger partial charge in [-0.05, 0) is 61.4 Å². The molecule has 2 rings (SSSR count). The van der Waals surface area contributed by atoms with Gasteiger partial charge in [0.05, 0.1) is 4.90 Å². The molecule has 1 N–H and O–H groups in total. The molecule has 0 unspecified atom stereocenters. The molecule has 20 heavy (non-hydrogen) atoms. The fraction of sp³-hybridized carbons (Fsp3) is 0.143. The van der Waals surface area contributed by atoms with E-state index in [0.717, 1.165) is 0 Å². The number of benzene rings is 2. The fourth-order valence-electron chi connectivity index (χ4n) is 1.77. The summed E-state index contributed by atoms with van der Waals surface area (Å²) in [5.74, 6) is -0.425. The molecule has 0 aromatic heterocycles. The van der Waals surface area contributed by atoms with Crippen LogP contribution in [-0.4, -0.2) is 8.42 Å². The number of rotatable bonds is 3. The molecule has 106 valence electrons. The molecular weight excluding hydrogens is 301 g/mol. The van der Waals surface area contributed by atoms with E-state index in [0.29, 0.717) is 21.8 Å². The summed E-state index contributed by atoms with van der Waals surface area (Å²) in [6.07, 6.45) is 0. The maximum atomic E-state index is 12.8. The largest absolute Gasteiger partial charge is 0.280 e. The topological polar surface area (TPSA) is 46.2 Å². The molecule has 0 radical (unpaired) electrons. The molecule has 0 aliphatic heterocycles. The van der Waals surface area contributed by atoms with E-state index < -0.39 is 15.8 Å². The minimum atomic E-state index is -3.73. The Balaban J connectivity index is 2.40. The van der Waals surface area contributed by atoms with E-state index in [1.807, 2.05) is 0 Å². The van der Waals surface area contributed by atoms with Gasteiger partial charge in [0.1, 0.15) is 5.82 Å². The quantitative estimate of drug-likeness (QED) is 0.934. The summed E-state index contributed by atoms with van der Waals surface area (Å²) in [6, 6.07) is 8.24. The van der Waals surface area contributed by atoms with Crippen LogP contribution in [0.2, 0.25) is 5.02 Å². The monoisotopic (exact) mass is 313 g/mol. The molecule has 0 heterocycles. The summed E-state index contributed by atoms with van der Waals surface area (Å²) in [6.45, 7) is 3.41. The van der Waals surface area contributed by atoms with Crippen molar-refractivity contribution in [2.75, 3.05) is 4.72 Å². The maximum Gasteiger partial charge on any atom is 0.262 e. The highest BCUT2D eigenvalue weighted by Crippen LogP contribution is 2.25. The van der Waals surface area contributed by atoms with Gasteiger partial charge in [0.2, 0.25) is 0 Å². The van der Waals surface area contributed by atoms with Gasteiger partial charge in [0.25, 0.3) is 10.0 Å². The van der Waals surface area contributed by atoms with Crippen molar-refractivity contribution in [2.24, 2.45) is 0 Å². The lowest BCUT2D eigenvalue weighted by atomic mass is 10.2. The Morgan fingerprint density at radius 1 is 1.05 bits per heavy atom. The summed E-state index contributed by atoms with van der Waals surface area (Å²) in [5, 5.41) is 0.517. The number of hydrogen-bond donors (Lipinski definition) is 1. The normalized spacial score (nSPS) is 11.4. The zero-order valence-corrected chi connectivity index (χ0v) is 12.5. The van der Waals surface area contributed by atoms with Crippen LogP contribution >= 0.6 is 11.6 Å². The Morgan fingerprint density at radius 2 is 1.65 bits per heavy atom. The molecule has 0 spiro atoms. The lowest BCUT2D eigenvalue weighted by Crippen LogP contribution is -2.14. The smallest absolute Gasteiger partial charge is 0.262 e. The van der Waals surface area contributed by atoms with E-state index >= 15 is 0 Å². The molecule has 0 saturated carbocycles. The zero-order valence-electron chi connectivity index (χ0n) is 10.9. The summed E-state index contributed by atoms with van der Waals surface area (Å²) in [5.41, 5.74) is 1.53. The second kappa shape index (κ2) is 5.42. The first-order valence-corrected chi connectivity index (χ1v) is 7.71. The molecule has 0 saturated heterocycles. The first kappa shape index (κ1) is 14.8. The van der Waals surface area contributed by atoms with E-state index in [1.54, 1.807) is 19.9 Å². The molecule has 0 aliphatic rings. The molecule has 0 aliphatic carbocycles. The van der Waals surface area contributed by atoms with E-state index in [-0.39, 0.29) is 4.90 Å². The molecule has 6 heteroatoms. The highest BCUT2D eigenvalue weighted by Gasteiger charge is 2.18. The van der Waals surface area contributed by atoms with Gasteiger partial charge in [0, 0.05) is 10.7 Å². The van der Waals surface area contributed by atoms with Crippen molar-refractivity contribution in [1.29, 1.82) is 0 Å². The number of halogens is 2. The molecule has 0 bridgehead atoms. The van der Waals surface area contributed by atoms with Crippen molar-refractivity contribution in [2.45, 2.75) is 18.7 Å². The van der Waals surface area contributed by atoms with Crippen LogP contribution in [0, 0.1) is 19.7 Å². The van der Waals surface area contributed by atoms with Gasteiger partial charge < -0.3 is 0 Å². The van der Waals surface area contributed by atoms with Crippen LogP contribution in [0.1, 0.15) is 11.1 Å². The molecule has 2 aromatic rings. The van der Waals surface area contributed by atoms with Gasteiger partial charge in [-0.1, -0.05) is 11.6 Å². The Labute approximate surface area is 122 Å². The molecule has 0 amide bonds. The van der Waals surface area contributed by atoms with Crippen LogP contribution in [0.3, 0.4) is 0 Å². The highest BCUT2D eigenvalue weighted by atomic mass is 35.5. The predicted octanol–water partition coefficient (Wildman–Crippen LogP) is 3.90. The van der Waals surface area contributed by atoms with Crippen LogP contribution in [0.15, 0.2) is 41.3 Å². The van der Waals surface area contributed by atoms with Crippen molar-refractivity contribution in [3.63, 3.8) is 0 Å². The Bertz CT molecular complexity index is 743. The number of aryl methyl sites for hydroxylation is 2. The summed E-state index contributed by atoms with van der Waals surface area (Å²) in [7, 11) is -3.73. The number of nitrogens with one attached hydrogen (secondary N) is 1. The van der Waals surface area contributed by atoms with Crippen molar-refractivity contribution in [3.05, 3.63) is 58.4 Å². The van der Waals surface area contributed by atoms with Gasteiger partial charge in [0.15, 0.2) is 0 Å². The third-order valence-electron chi connectivity index (χ3n) is 2.84. The molecule has 2 aromatic carbocycles. The molecule has 3 nitrogen and oxygen atoms in total. The Kier molecular flexibility index (Phi) is 4.01. The van der Waals surface area contributed by atoms with E-state index in [4.69, 9.17) is 11.6 Å². The van der Waals surface area contributed by atoms with Crippen molar-refractivity contribution in [1.82, 2.24) is 0 Å². The number of hydrogen-bond acceptors (Lipinski definition) is 2. The third kappa shape index (κ3) is 3.11. The van der Waals surface area contributed by atoms with Crippen molar-refractivity contribution >= 4 is 27.3 Å². The average Bonchev–Trinajstić information content (AvgIpc) is 2.36. The SMILES string of the molecule is Cc1cc(S(=O)(=O)Nc2ccc(F)cc2)c(C)cc1Cl. The van der Waals surface area contributed by atoms with Crippen LogP contribution < -0.4 is 4.72 Å². The zero-order chi connectivity index (χ0) is 14.9. The standard InChI is InChI=1S/C14H13ClFNO2S/c1-9-8-14(10(2)7-13(9)15)20(18,19)17-12-5-3-11(16)4-6-12/h3-8,17H,1-2H3. The van der Waals surface area contributed by atoms with Gasteiger partial charge in [-0.25, -0.2) is 12.8 Å². The minimum absolute atomic E-state index is 0.156. The van der Waals surface area contributed by atoms with Crippen LogP contribution in [0.5, 0.6) is 0 Å². The Hall–Kier alpha value is -1.59. The van der Waals surface area contributed by atoms with Gasteiger partial charge >= 0.3 is 0 Å². The van der Waals surface area contributed by atoms with Gasteiger partial charge in [-0.2, -0.15) is 0 Å². The first-order chi connectivity index (χ1) is 9.29. The minimum Gasteiger partial charge on any atom is -0.280 e. The maximum absolute atomic E-state index is 12.8. The third-order valence-corrected chi connectivity index (χ3v) is 4.77. The first-order valence-electron chi connectivity index (χ1n) is 5.85. The van der Waals surface area contributed by atoms with Crippen LogP contribution in [0.4, 0.5) is 10.1 Å². The fourth-order valence-corrected chi connectivity index (χ4v) is 3.36. The second-order valence-corrected chi connectivity index (χ2v) is 6.54. The van der Waals surface area contributed by atoms with Crippen LogP contribution in [-0.2, 0) is 10.0 Å². The van der Waals surface area contributed by atoms with Gasteiger partial charge in [-0.15, -0.1) is 0 Å². The molecule has 0 fully saturated rings. The van der Waals surface area contributed by atoms with Crippen LogP contribution in [0.25, 0.3) is 0 Å². The van der Waals surface area contributed by atoms with E-state index in [1.165, 1.54) is 30.3 Å². The predicted molar refractivity (Wildman–Crippen MR) is 78.1 cm³/mol. The van der Waals surface area contributed by atoms with Crippen molar-refractivity contribution < 1.29 is 12.8 Å². The van der Waals surface area contributed by atoms with Crippen molar-refractivity contribution in [3.8, 4) is 0 Å². The highest BCUT2D eigenvalue weighted by molar-refractivity contribution is 7.92. The number of sulfonamides is 1. The summed E-state index contributed by atoms with van der Waals surface area (Å²) >= 11 is 5.96. The second-order valence-electron chi connectivity index (χ2n) is 4.48. The van der Waals surface area contributed by atoms with E-state index in [2.05, 4.69) is 4.72 Å². The average molecular weight is 314 g/mol.